The summed E-state index contributed by atoms with van der Waals surface area (Å²) in [6, 6.07) is 12.6. The Morgan fingerprint density at radius 2 is 1.63 bits per heavy atom. The van der Waals surface area contributed by atoms with Gasteiger partial charge in [-0.3, -0.25) is 14.5 Å². The van der Waals surface area contributed by atoms with Crippen molar-refractivity contribution in [3.63, 3.8) is 0 Å². The molecule has 0 radical (unpaired) electrons. The fourth-order valence-corrected chi connectivity index (χ4v) is 7.13. The molecule has 1 heterocycles. The molecule has 0 fully saturated rings. The van der Waals surface area contributed by atoms with Gasteiger partial charge in [-0.15, -0.1) is 0 Å². The van der Waals surface area contributed by atoms with E-state index in [0.29, 0.717) is 30.9 Å². The van der Waals surface area contributed by atoms with Crippen LogP contribution in [0, 0.1) is 12.3 Å². The number of fused-ring (bicyclic) bond motifs is 1. The van der Waals surface area contributed by atoms with Crippen LogP contribution in [0.2, 0.25) is 0 Å². The highest BCUT2D eigenvalue weighted by Gasteiger charge is 2.44. The van der Waals surface area contributed by atoms with Crippen LogP contribution in [-0.2, 0) is 19.4 Å². The third-order valence-electron chi connectivity index (χ3n) is 6.86. The lowest BCUT2D eigenvalue weighted by Crippen LogP contribution is -2.38. The minimum atomic E-state index is -3.57. The molecule has 2 aromatic rings. The lowest BCUT2D eigenvalue weighted by Gasteiger charge is -2.33. The van der Waals surface area contributed by atoms with Gasteiger partial charge in [0.05, 0.1) is 36.4 Å². The SMILES string of the molecule is Cc1ccc2c(c1)[C@@H](c1ccc(OCCCCCN(CC(=O)O)CC(=O)O)cc1)[C@@H](O)C(C)(C)CS2(=O)=O. The van der Waals surface area contributed by atoms with Gasteiger partial charge < -0.3 is 20.1 Å². The first-order valence-corrected chi connectivity index (χ1v) is 14.4. The molecule has 38 heavy (non-hydrogen) atoms. The van der Waals surface area contributed by atoms with E-state index in [-0.39, 0.29) is 23.7 Å². The minimum Gasteiger partial charge on any atom is -0.494 e. The molecule has 0 aliphatic carbocycles. The number of hydrogen-bond donors (Lipinski definition) is 3. The average molecular weight is 548 g/mol. The summed E-state index contributed by atoms with van der Waals surface area (Å²) < 4.78 is 32.1. The Hall–Kier alpha value is -2.95. The molecule has 0 spiro atoms. The van der Waals surface area contributed by atoms with Crippen LogP contribution >= 0.6 is 0 Å². The van der Waals surface area contributed by atoms with Gasteiger partial charge in [-0.25, -0.2) is 8.42 Å². The van der Waals surface area contributed by atoms with Crippen LogP contribution in [0.1, 0.15) is 55.7 Å². The molecule has 9 nitrogen and oxygen atoms in total. The maximum Gasteiger partial charge on any atom is 0.317 e. The topological polar surface area (TPSA) is 141 Å². The Morgan fingerprint density at radius 3 is 2.24 bits per heavy atom. The van der Waals surface area contributed by atoms with Gasteiger partial charge in [-0.2, -0.15) is 0 Å². The van der Waals surface area contributed by atoms with Crippen molar-refractivity contribution in [2.24, 2.45) is 5.41 Å². The number of ether oxygens (including phenoxy) is 1. The van der Waals surface area contributed by atoms with E-state index >= 15 is 0 Å². The van der Waals surface area contributed by atoms with Crippen LogP contribution in [0.3, 0.4) is 0 Å². The third-order valence-corrected chi connectivity index (χ3v) is 9.02. The van der Waals surface area contributed by atoms with E-state index in [9.17, 15) is 23.1 Å². The van der Waals surface area contributed by atoms with Gasteiger partial charge in [0.15, 0.2) is 9.84 Å². The highest BCUT2D eigenvalue weighted by molar-refractivity contribution is 7.91. The van der Waals surface area contributed by atoms with Gasteiger partial charge in [0.2, 0.25) is 0 Å². The first kappa shape index (κ1) is 29.6. The molecule has 1 aliphatic rings. The van der Waals surface area contributed by atoms with Gasteiger partial charge in [-0.05, 0) is 62.1 Å². The zero-order chi connectivity index (χ0) is 28.1. The maximum atomic E-state index is 13.1. The summed E-state index contributed by atoms with van der Waals surface area (Å²) in [4.78, 5) is 23.4. The van der Waals surface area contributed by atoms with Crippen molar-refractivity contribution < 1.29 is 38.1 Å². The molecule has 0 saturated carbocycles. The summed E-state index contributed by atoms with van der Waals surface area (Å²) in [5.41, 5.74) is 1.48. The molecular weight excluding hydrogens is 510 g/mol. The standard InChI is InChI=1S/C28H37NO8S/c1-19-7-12-23-22(15-19)26(27(34)28(2,3)18-38(23,35)36)20-8-10-21(11-9-20)37-14-6-4-5-13-29(16-24(30)31)17-25(32)33/h7-12,15,26-27,34H,4-6,13-14,16-18H2,1-3H3,(H,30,31)(H,32,33)/t26-,27-/m1/s1. The highest BCUT2D eigenvalue weighted by Crippen LogP contribution is 2.44. The Kier molecular flexibility index (Phi) is 9.56. The first-order chi connectivity index (χ1) is 17.8. The van der Waals surface area contributed by atoms with E-state index in [1.165, 1.54) is 4.90 Å². The molecule has 0 unspecified atom stereocenters. The number of unbranched alkanes of at least 4 members (excludes halogenated alkanes) is 2. The number of rotatable bonds is 12. The fourth-order valence-electron chi connectivity index (χ4n) is 5.00. The number of carboxylic acid groups (broad SMARTS) is 2. The number of aliphatic hydroxyl groups excluding tert-OH is 1. The van der Waals surface area contributed by atoms with Crippen molar-refractivity contribution in [2.75, 3.05) is 32.0 Å². The van der Waals surface area contributed by atoms with Crippen LogP contribution in [0.5, 0.6) is 5.75 Å². The van der Waals surface area contributed by atoms with E-state index in [2.05, 4.69) is 0 Å². The smallest absolute Gasteiger partial charge is 0.317 e. The molecule has 0 amide bonds. The van der Waals surface area contributed by atoms with E-state index in [1.807, 2.05) is 37.3 Å². The number of hydrogen-bond acceptors (Lipinski definition) is 7. The summed E-state index contributed by atoms with van der Waals surface area (Å²) in [5, 5.41) is 29.2. The van der Waals surface area contributed by atoms with E-state index in [0.717, 1.165) is 24.0 Å². The van der Waals surface area contributed by atoms with Crippen LogP contribution < -0.4 is 4.74 Å². The molecule has 0 aromatic heterocycles. The predicted molar refractivity (Wildman–Crippen MR) is 142 cm³/mol. The summed E-state index contributed by atoms with van der Waals surface area (Å²) in [6.45, 7) is 5.66. The Bertz CT molecular complexity index is 1220. The number of sulfone groups is 1. The van der Waals surface area contributed by atoms with Crippen molar-refractivity contribution in [2.45, 2.75) is 57.0 Å². The van der Waals surface area contributed by atoms with Crippen molar-refractivity contribution >= 4 is 21.8 Å². The van der Waals surface area contributed by atoms with E-state index < -0.39 is 39.2 Å². The van der Waals surface area contributed by atoms with Crippen molar-refractivity contribution in [1.29, 1.82) is 0 Å². The number of nitrogens with zero attached hydrogens (tertiary/aromatic N) is 1. The fraction of sp³-hybridized carbons (Fsp3) is 0.500. The molecule has 2 atom stereocenters. The largest absolute Gasteiger partial charge is 0.494 e. The molecule has 208 valence electrons. The van der Waals surface area contributed by atoms with Crippen LogP contribution in [-0.4, -0.2) is 78.7 Å². The zero-order valence-electron chi connectivity index (χ0n) is 22.1. The first-order valence-electron chi connectivity index (χ1n) is 12.7. The number of aryl methyl sites for hydroxylation is 1. The zero-order valence-corrected chi connectivity index (χ0v) is 22.9. The van der Waals surface area contributed by atoms with Gasteiger partial charge in [-0.1, -0.05) is 43.7 Å². The lowest BCUT2D eigenvalue weighted by atomic mass is 9.75. The van der Waals surface area contributed by atoms with Crippen LogP contribution in [0.15, 0.2) is 47.4 Å². The predicted octanol–water partition coefficient (Wildman–Crippen LogP) is 3.32. The third kappa shape index (κ3) is 7.55. The summed E-state index contributed by atoms with van der Waals surface area (Å²) >= 11 is 0. The quantitative estimate of drug-likeness (QED) is 0.341. The van der Waals surface area contributed by atoms with E-state index in [1.54, 1.807) is 26.0 Å². The second-order valence-electron chi connectivity index (χ2n) is 10.7. The Balaban J connectivity index is 1.64. The van der Waals surface area contributed by atoms with Gasteiger partial charge in [0.1, 0.15) is 5.75 Å². The van der Waals surface area contributed by atoms with Crippen molar-refractivity contribution in [3.8, 4) is 5.75 Å². The van der Waals surface area contributed by atoms with Gasteiger partial charge >= 0.3 is 11.9 Å². The molecule has 0 bridgehead atoms. The average Bonchev–Trinajstić information content (AvgIpc) is 2.85. The lowest BCUT2D eigenvalue weighted by molar-refractivity contribution is -0.141. The second-order valence-corrected chi connectivity index (χ2v) is 12.6. The molecule has 3 N–H and O–H groups in total. The number of carboxylic acids is 2. The van der Waals surface area contributed by atoms with Gasteiger partial charge in [0, 0.05) is 11.3 Å². The minimum absolute atomic E-state index is 0.140. The van der Waals surface area contributed by atoms with Crippen LogP contribution in [0.4, 0.5) is 0 Å². The maximum absolute atomic E-state index is 13.1. The molecule has 2 aromatic carbocycles. The molecule has 3 rings (SSSR count). The second kappa shape index (κ2) is 12.3. The molecule has 0 saturated heterocycles. The molecular formula is C28H37NO8S. The Labute approximate surface area is 224 Å². The monoisotopic (exact) mass is 547 g/mol. The molecule has 1 aliphatic heterocycles. The van der Waals surface area contributed by atoms with Gasteiger partial charge in [0.25, 0.3) is 0 Å². The summed E-state index contributed by atoms with van der Waals surface area (Å²) in [6.07, 6.45) is 1.21. The normalized spacial score (nSPS) is 19.9. The highest BCUT2D eigenvalue weighted by atomic mass is 32.2. The van der Waals surface area contributed by atoms with Crippen molar-refractivity contribution in [1.82, 2.24) is 4.90 Å². The summed E-state index contributed by atoms with van der Waals surface area (Å²) in [7, 11) is -3.57. The summed E-state index contributed by atoms with van der Waals surface area (Å²) in [5.74, 6) is -2.12. The van der Waals surface area contributed by atoms with Crippen LogP contribution in [0.25, 0.3) is 0 Å². The number of aliphatic carboxylic acids is 2. The Morgan fingerprint density at radius 1 is 1.00 bits per heavy atom. The number of benzene rings is 2. The number of aliphatic hydroxyl groups is 1. The number of carbonyl (C=O) groups is 2. The van der Waals surface area contributed by atoms with Crippen molar-refractivity contribution in [3.05, 3.63) is 59.2 Å². The molecule has 10 heteroatoms. The van der Waals surface area contributed by atoms with E-state index in [4.69, 9.17) is 14.9 Å².